The fourth-order valence-electron chi connectivity index (χ4n) is 4.56. The molecular weight excluding hydrogens is 238 g/mol. The molecule has 1 N–H and O–H groups in total. The predicted molar refractivity (Wildman–Crippen MR) is 81.0 cm³/mol. The number of hydrogen-bond acceptors (Lipinski definition) is 2. The van der Waals surface area contributed by atoms with Crippen LogP contribution in [-0.4, -0.2) is 23.6 Å². The van der Waals surface area contributed by atoms with Crippen LogP contribution in [0.25, 0.3) is 0 Å². The highest BCUT2D eigenvalue weighted by Crippen LogP contribution is 2.49. The SMILES string of the molecule is CC(NC1CSCCC1(C)C)C1CC2CCC1C2. The van der Waals surface area contributed by atoms with Gasteiger partial charge in [-0.2, -0.15) is 11.8 Å². The van der Waals surface area contributed by atoms with E-state index in [4.69, 9.17) is 0 Å². The van der Waals surface area contributed by atoms with Gasteiger partial charge in [0.25, 0.3) is 0 Å². The Morgan fingerprint density at radius 2 is 2.06 bits per heavy atom. The van der Waals surface area contributed by atoms with Crippen molar-refractivity contribution in [2.24, 2.45) is 23.2 Å². The maximum absolute atomic E-state index is 4.02. The first-order valence-electron chi connectivity index (χ1n) is 7.90. The molecule has 0 aromatic heterocycles. The summed E-state index contributed by atoms with van der Waals surface area (Å²) in [5.74, 6) is 5.78. The Morgan fingerprint density at radius 1 is 1.22 bits per heavy atom. The molecule has 5 atom stereocenters. The maximum atomic E-state index is 4.02. The molecule has 3 fully saturated rings. The number of thioether (sulfide) groups is 1. The highest BCUT2D eigenvalue weighted by atomic mass is 32.2. The van der Waals surface area contributed by atoms with Gasteiger partial charge in [-0.05, 0) is 61.5 Å². The summed E-state index contributed by atoms with van der Waals surface area (Å²) in [6, 6.07) is 1.47. The second-order valence-corrected chi connectivity index (χ2v) is 8.81. The Balaban J connectivity index is 1.58. The molecule has 3 rings (SSSR count). The van der Waals surface area contributed by atoms with E-state index in [9.17, 15) is 0 Å². The lowest BCUT2D eigenvalue weighted by Gasteiger charge is -2.42. The van der Waals surface area contributed by atoms with E-state index in [-0.39, 0.29) is 0 Å². The van der Waals surface area contributed by atoms with Crippen molar-refractivity contribution in [3.63, 3.8) is 0 Å². The smallest absolute Gasteiger partial charge is 0.0212 e. The second kappa shape index (κ2) is 5.01. The first-order chi connectivity index (χ1) is 8.56. The Hall–Kier alpha value is 0.310. The van der Waals surface area contributed by atoms with Gasteiger partial charge >= 0.3 is 0 Å². The number of hydrogen-bond donors (Lipinski definition) is 1. The van der Waals surface area contributed by atoms with Gasteiger partial charge in [-0.15, -0.1) is 0 Å². The summed E-state index contributed by atoms with van der Waals surface area (Å²) in [6.07, 6.45) is 7.47. The van der Waals surface area contributed by atoms with Crippen molar-refractivity contribution >= 4 is 11.8 Å². The summed E-state index contributed by atoms with van der Waals surface area (Å²) >= 11 is 2.14. The average Bonchev–Trinajstić information content (AvgIpc) is 2.93. The van der Waals surface area contributed by atoms with Gasteiger partial charge in [0.2, 0.25) is 0 Å². The molecule has 1 heterocycles. The Morgan fingerprint density at radius 3 is 2.67 bits per heavy atom. The van der Waals surface area contributed by atoms with E-state index in [1.807, 2.05) is 0 Å². The summed E-state index contributed by atoms with van der Waals surface area (Å²) in [4.78, 5) is 0. The fraction of sp³-hybridized carbons (Fsp3) is 1.00. The van der Waals surface area contributed by atoms with Crippen molar-refractivity contribution in [3.05, 3.63) is 0 Å². The Kier molecular flexibility index (Phi) is 3.70. The quantitative estimate of drug-likeness (QED) is 0.831. The van der Waals surface area contributed by atoms with Crippen LogP contribution in [0.3, 0.4) is 0 Å². The Labute approximate surface area is 117 Å². The number of nitrogens with one attached hydrogen (secondary N) is 1. The molecule has 0 radical (unpaired) electrons. The molecule has 0 spiro atoms. The molecule has 2 heteroatoms. The molecule has 1 aliphatic heterocycles. The summed E-state index contributed by atoms with van der Waals surface area (Å²) in [5, 5.41) is 4.02. The van der Waals surface area contributed by atoms with Gasteiger partial charge in [-0.25, -0.2) is 0 Å². The topological polar surface area (TPSA) is 12.0 Å². The van der Waals surface area contributed by atoms with Crippen LogP contribution < -0.4 is 5.32 Å². The molecular formula is C16H29NS. The van der Waals surface area contributed by atoms with Crippen LogP contribution in [0.4, 0.5) is 0 Å². The van der Waals surface area contributed by atoms with Gasteiger partial charge in [0.05, 0.1) is 0 Å². The van der Waals surface area contributed by atoms with Crippen molar-refractivity contribution in [1.29, 1.82) is 0 Å². The molecule has 5 unspecified atom stereocenters. The Bertz CT molecular complexity index is 301. The lowest BCUT2D eigenvalue weighted by Crippen LogP contribution is -2.52. The monoisotopic (exact) mass is 267 g/mol. The molecule has 2 saturated carbocycles. The minimum Gasteiger partial charge on any atom is -0.310 e. The number of rotatable bonds is 3. The van der Waals surface area contributed by atoms with Crippen molar-refractivity contribution in [1.82, 2.24) is 5.32 Å². The first kappa shape index (κ1) is 13.3. The largest absolute Gasteiger partial charge is 0.310 e. The van der Waals surface area contributed by atoms with E-state index in [2.05, 4.69) is 37.8 Å². The van der Waals surface area contributed by atoms with E-state index in [0.717, 1.165) is 29.8 Å². The molecule has 1 saturated heterocycles. The molecule has 104 valence electrons. The van der Waals surface area contributed by atoms with E-state index < -0.39 is 0 Å². The molecule has 0 aromatic carbocycles. The highest BCUT2D eigenvalue weighted by molar-refractivity contribution is 7.99. The van der Waals surface area contributed by atoms with Crippen LogP contribution in [0, 0.1) is 23.2 Å². The zero-order chi connectivity index (χ0) is 12.8. The van der Waals surface area contributed by atoms with Crippen LogP contribution in [0.5, 0.6) is 0 Å². The predicted octanol–water partition coefficient (Wildman–Crippen LogP) is 3.93. The van der Waals surface area contributed by atoms with E-state index in [1.165, 1.54) is 37.2 Å². The second-order valence-electron chi connectivity index (χ2n) is 7.66. The summed E-state index contributed by atoms with van der Waals surface area (Å²) in [5.41, 5.74) is 0.497. The minimum atomic E-state index is 0.497. The molecule has 0 aromatic rings. The first-order valence-corrected chi connectivity index (χ1v) is 9.05. The molecule has 2 bridgehead atoms. The fourth-order valence-corrected chi connectivity index (χ4v) is 6.18. The summed E-state index contributed by atoms with van der Waals surface area (Å²) < 4.78 is 0. The zero-order valence-corrected chi connectivity index (χ0v) is 13.1. The van der Waals surface area contributed by atoms with Crippen LogP contribution in [-0.2, 0) is 0 Å². The van der Waals surface area contributed by atoms with Crippen molar-refractivity contribution in [2.45, 2.75) is 65.0 Å². The summed E-state index contributed by atoms with van der Waals surface area (Å²) in [7, 11) is 0. The van der Waals surface area contributed by atoms with Crippen molar-refractivity contribution < 1.29 is 0 Å². The van der Waals surface area contributed by atoms with Crippen LogP contribution in [0.2, 0.25) is 0 Å². The van der Waals surface area contributed by atoms with E-state index >= 15 is 0 Å². The molecule has 3 aliphatic rings. The third-order valence-electron chi connectivity index (χ3n) is 6.02. The van der Waals surface area contributed by atoms with Gasteiger partial charge in [-0.1, -0.05) is 20.3 Å². The molecule has 0 amide bonds. The van der Waals surface area contributed by atoms with Gasteiger partial charge in [0.15, 0.2) is 0 Å². The standard InChI is InChI=1S/C16H29NS/c1-11(14-9-12-4-5-13(14)8-12)17-15-10-18-7-6-16(15,2)3/h11-15,17H,4-10H2,1-3H3. The van der Waals surface area contributed by atoms with E-state index in [0.29, 0.717) is 5.41 Å². The molecule has 1 nitrogen and oxygen atoms in total. The minimum absolute atomic E-state index is 0.497. The van der Waals surface area contributed by atoms with Gasteiger partial charge < -0.3 is 5.32 Å². The van der Waals surface area contributed by atoms with Crippen LogP contribution in [0.1, 0.15) is 52.9 Å². The maximum Gasteiger partial charge on any atom is 0.0212 e. The molecule has 2 aliphatic carbocycles. The van der Waals surface area contributed by atoms with Gasteiger partial charge in [-0.3, -0.25) is 0 Å². The number of fused-ring (bicyclic) bond motifs is 2. The highest BCUT2D eigenvalue weighted by Gasteiger charge is 2.43. The van der Waals surface area contributed by atoms with Crippen molar-refractivity contribution in [3.8, 4) is 0 Å². The summed E-state index contributed by atoms with van der Waals surface area (Å²) in [6.45, 7) is 7.37. The molecule has 18 heavy (non-hydrogen) atoms. The average molecular weight is 267 g/mol. The van der Waals surface area contributed by atoms with Gasteiger partial charge in [0, 0.05) is 17.8 Å². The third kappa shape index (κ3) is 2.47. The third-order valence-corrected chi connectivity index (χ3v) is 7.08. The lowest BCUT2D eigenvalue weighted by atomic mass is 9.79. The van der Waals surface area contributed by atoms with Crippen LogP contribution >= 0.6 is 11.8 Å². The van der Waals surface area contributed by atoms with Crippen LogP contribution in [0.15, 0.2) is 0 Å². The van der Waals surface area contributed by atoms with E-state index in [1.54, 1.807) is 6.42 Å². The van der Waals surface area contributed by atoms with Gasteiger partial charge in [0.1, 0.15) is 0 Å². The zero-order valence-electron chi connectivity index (χ0n) is 12.2. The normalized spacial score (nSPS) is 44.2. The lowest BCUT2D eigenvalue weighted by molar-refractivity contribution is 0.184. The van der Waals surface area contributed by atoms with Crippen molar-refractivity contribution in [2.75, 3.05) is 11.5 Å².